The number of Topliss-reactive ketones (excluding diaryl/α,β-unsaturated/α-hetero) is 1. The molecule has 32 heavy (non-hydrogen) atoms. The normalized spacial score (nSPS) is 14.5. The number of sulfone groups is 1. The highest BCUT2D eigenvalue weighted by Crippen LogP contribution is 2.41. The summed E-state index contributed by atoms with van der Waals surface area (Å²) in [6, 6.07) is 17.1. The zero-order valence-electron chi connectivity index (χ0n) is 17.4. The van der Waals surface area contributed by atoms with E-state index in [1.165, 1.54) is 36.2 Å². The van der Waals surface area contributed by atoms with Crippen molar-refractivity contribution in [1.29, 1.82) is 0 Å². The minimum Gasteiger partial charge on any atom is -0.494 e. The van der Waals surface area contributed by atoms with E-state index in [4.69, 9.17) is 4.74 Å². The first kappa shape index (κ1) is 22.1. The first-order valence-corrected chi connectivity index (χ1v) is 12.5. The van der Waals surface area contributed by atoms with Crippen molar-refractivity contribution in [1.82, 2.24) is 0 Å². The number of rotatable bonds is 6. The van der Waals surface area contributed by atoms with Crippen molar-refractivity contribution in [2.24, 2.45) is 0 Å². The molecule has 164 valence electrons. The van der Waals surface area contributed by atoms with E-state index in [-0.39, 0.29) is 21.1 Å². The average Bonchev–Trinajstić information content (AvgIpc) is 2.79. The number of ketones is 1. The van der Waals surface area contributed by atoms with Gasteiger partial charge in [-0.2, -0.15) is 0 Å². The third-order valence-corrected chi connectivity index (χ3v) is 7.51. The van der Waals surface area contributed by atoms with Crippen LogP contribution < -0.4 is 9.64 Å². The molecule has 0 aromatic heterocycles. The molecule has 0 amide bonds. The zero-order valence-corrected chi connectivity index (χ0v) is 19.0. The molecule has 0 unspecified atom stereocenters. The maximum atomic E-state index is 14.1. The summed E-state index contributed by atoms with van der Waals surface area (Å²) in [5.74, 6) is -0.630. The molecule has 4 rings (SSSR count). The Morgan fingerprint density at radius 1 is 1.06 bits per heavy atom. The Balaban J connectivity index is 1.86. The summed E-state index contributed by atoms with van der Waals surface area (Å²) in [4.78, 5) is 15.3. The van der Waals surface area contributed by atoms with E-state index in [9.17, 15) is 17.6 Å². The van der Waals surface area contributed by atoms with Crippen LogP contribution >= 0.6 is 11.8 Å². The standard InChI is InChI=1S/C24H20FNO4S2/c1-3-30-19-10-7-16(8-11-19)24(27)23-15-26(18-5-4-6-20(14-18)31-2)21-13-17(25)9-12-22(21)32(23,28)29/h4-15H,3H2,1-2H3. The molecular formula is C24H20FNO4S2. The number of carbonyl (C=O) groups is 1. The smallest absolute Gasteiger partial charge is 0.214 e. The van der Waals surface area contributed by atoms with E-state index in [1.807, 2.05) is 31.4 Å². The highest BCUT2D eigenvalue weighted by atomic mass is 32.2. The van der Waals surface area contributed by atoms with Crippen LogP contribution in [0.5, 0.6) is 5.75 Å². The maximum Gasteiger partial charge on any atom is 0.214 e. The number of fused-ring (bicyclic) bond motifs is 1. The Kier molecular flexibility index (Phi) is 6.08. The monoisotopic (exact) mass is 469 g/mol. The van der Waals surface area contributed by atoms with Crippen LogP contribution in [0.25, 0.3) is 0 Å². The van der Waals surface area contributed by atoms with Crippen molar-refractivity contribution in [3.8, 4) is 5.75 Å². The van der Waals surface area contributed by atoms with Gasteiger partial charge in [0.2, 0.25) is 15.6 Å². The van der Waals surface area contributed by atoms with E-state index in [1.54, 1.807) is 23.1 Å². The fourth-order valence-corrected chi connectivity index (χ4v) is 5.42. The van der Waals surface area contributed by atoms with E-state index < -0.39 is 21.4 Å². The van der Waals surface area contributed by atoms with Crippen LogP contribution in [0.15, 0.2) is 87.6 Å². The van der Waals surface area contributed by atoms with Gasteiger partial charge in [0.25, 0.3) is 0 Å². The number of anilines is 2. The van der Waals surface area contributed by atoms with Gasteiger partial charge in [-0.05, 0) is 73.8 Å². The van der Waals surface area contributed by atoms with Crippen molar-refractivity contribution in [3.63, 3.8) is 0 Å². The molecule has 8 heteroatoms. The first-order valence-electron chi connectivity index (χ1n) is 9.82. The van der Waals surface area contributed by atoms with Crippen LogP contribution in [0.4, 0.5) is 15.8 Å². The molecule has 0 fully saturated rings. The van der Waals surface area contributed by atoms with E-state index >= 15 is 0 Å². The van der Waals surface area contributed by atoms with Gasteiger partial charge in [0.15, 0.2) is 0 Å². The number of allylic oxidation sites excluding steroid dienone is 1. The summed E-state index contributed by atoms with van der Waals surface area (Å²) in [6.07, 6.45) is 3.19. The summed E-state index contributed by atoms with van der Waals surface area (Å²) in [6.45, 7) is 2.32. The predicted molar refractivity (Wildman–Crippen MR) is 124 cm³/mol. The van der Waals surface area contributed by atoms with Crippen molar-refractivity contribution < 1.29 is 22.3 Å². The molecular weight excluding hydrogens is 449 g/mol. The van der Waals surface area contributed by atoms with Crippen molar-refractivity contribution >= 4 is 38.8 Å². The Labute approximate surface area is 190 Å². The van der Waals surface area contributed by atoms with E-state index in [2.05, 4.69) is 0 Å². The summed E-state index contributed by atoms with van der Waals surface area (Å²) >= 11 is 1.52. The highest BCUT2D eigenvalue weighted by Gasteiger charge is 2.36. The molecule has 0 bridgehead atoms. The quantitative estimate of drug-likeness (QED) is 0.266. The van der Waals surface area contributed by atoms with Gasteiger partial charge in [-0.15, -0.1) is 11.8 Å². The van der Waals surface area contributed by atoms with Crippen LogP contribution in [0.2, 0.25) is 0 Å². The molecule has 3 aromatic carbocycles. The fraction of sp³-hybridized carbons (Fsp3) is 0.125. The van der Waals surface area contributed by atoms with Gasteiger partial charge in [-0.3, -0.25) is 4.79 Å². The second-order valence-electron chi connectivity index (χ2n) is 6.97. The predicted octanol–water partition coefficient (Wildman–Crippen LogP) is 5.60. The topological polar surface area (TPSA) is 63.7 Å². The van der Waals surface area contributed by atoms with Crippen LogP contribution in [0, 0.1) is 5.82 Å². The molecule has 1 heterocycles. The zero-order chi connectivity index (χ0) is 22.9. The van der Waals surface area contributed by atoms with E-state index in [0.717, 1.165) is 17.0 Å². The number of ether oxygens (including phenoxy) is 1. The van der Waals surface area contributed by atoms with Crippen LogP contribution in [0.3, 0.4) is 0 Å². The van der Waals surface area contributed by atoms with Crippen molar-refractivity contribution in [2.75, 3.05) is 17.8 Å². The summed E-state index contributed by atoms with van der Waals surface area (Å²) < 4.78 is 46.1. The lowest BCUT2D eigenvalue weighted by molar-refractivity contribution is 0.104. The number of halogens is 1. The average molecular weight is 470 g/mol. The lowest BCUT2D eigenvalue weighted by Crippen LogP contribution is -2.26. The Morgan fingerprint density at radius 3 is 2.50 bits per heavy atom. The number of carbonyl (C=O) groups excluding carboxylic acids is 1. The Morgan fingerprint density at radius 2 is 1.81 bits per heavy atom. The molecule has 0 radical (unpaired) electrons. The lowest BCUT2D eigenvalue weighted by Gasteiger charge is -2.29. The maximum absolute atomic E-state index is 14.1. The minimum atomic E-state index is -4.16. The van der Waals surface area contributed by atoms with Crippen LogP contribution in [-0.2, 0) is 9.84 Å². The van der Waals surface area contributed by atoms with Crippen molar-refractivity contribution in [2.45, 2.75) is 16.7 Å². The van der Waals surface area contributed by atoms with Gasteiger partial charge in [-0.25, -0.2) is 12.8 Å². The molecule has 1 aliphatic heterocycles. The number of hydrogen-bond donors (Lipinski definition) is 0. The third-order valence-electron chi connectivity index (χ3n) is 4.99. The van der Waals surface area contributed by atoms with Gasteiger partial charge in [0.05, 0.1) is 17.2 Å². The molecule has 0 saturated carbocycles. The van der Waals surface area contributed by atoms with Gasteiger partial charge in [0, 0.05) is 22.3 Å². The number of hydrogen-bond acceptors (Lipinski definition) is 6. The largest absolute Gasteiger partial charge is 0.494 e. The van der Waals surface area contributed by atoms with Gasteiger partial charge < -0.3 is 9.64 Å². The Hall–Kier alpha value is -3.10. The minimum absolute atomic E-state index is 0.120. The molecule has 1 aliphatic rings. The fourth-order valence-electron chi connectivity index (χ4n) is 3.45. The third kappa shape index (κ3) is 4.03. The SMILES string of the molecule is CCOc1ccc(C(=O)C2=CN(c3cccc(SC)c3)c3cc(F)ccc3S2(=O)=O)cc1. The molecule has 0 saturated heterocycles. The Bertz CT molecular complexity index is 1320. The van der Waals surface area contributed by atoms with Gasteiger partial charge in [0.1, 0.15) is 16.5 Å². The van der Waals surface area contributed by atoms with Crippen molar-refractivity contribution in [3.05, 3.63) is 89.2 Å². The van der Waals surface area contributed by atoms with E-state index in [0.29, 0.717) is 18.0 Å². The van der Waals surface area contributed by atoms with Crippen LogP contribution in [0.1, 0.15) is 17.3 Å². The number of benzene rings is 3. The van der Waals surface area contributed by atoms with Gasteiger partial charge >= 0.3 is 0 Å². The summed E-state index contributed by atoms with van der Waals surface area (Å²) in [5, 5.41) is 0. The molecule has 0 atom stereocenters. The second kappa shape index (κ2) is 8.80. The molecule has 3 aromatic rings. The molecule has 0 N–H and O–H groups in total. The molecule has 0 aliphatic carbocycles. The highest BCUT2D eigenvalue weighted by molar-refractivity contribution is 7.98. The molecule has 5 nitrogen and oxygen atoms in total. The lowest BCUT2D eigenvalue weighted by atomic mass is 10.1. The molecule has 0 spiro atoms. The number of nitrogens with zero attached hydrogens (tertiary/aromatic N) is 1. The number of thioether (sulfide) groups is 1. The summed E-state index contributed by atoms with van der Waals surface area (Å²) in [7, 11) is -4.16. The van der Waals surface area contributed by atoms with Gasteiger partial charge in [-0.1, -0.05) is 6.07 Å². The first-order chi connectivity index (χ1) is 15.3. The summed E-state index contributed by atoms with van der Waals surface area (Å²) in [5.41, 5.74) is 0.994. The second-order valence-corrected chi connectivity index (χ2v) is 9.73. The van der Waals surface area contributed by atoms with Crippen LogP contribution in [-0.4, -0.2) is 27.1 Å².